The lowest BCUT2D eigenvalue weighted by molar-refractivity contribution is -0.116. The molecular weight excluding hydrogens is 140 g/mol. The van der Waals surface area contributed by atoms with Gasteiger partial charge in [0.15, 0.2) is 5.78 Å². The molecule has 0 aliphatic carbocycles. The third-order valence-electron chi connectivity index (χ3n) is 1.66. The summed E-state index contributed by atoms with van der Waals surface area (Å²) in [6.45, 7) is 7.25. The van der Waals surface area contributed by atoms with Crippen LogP contribution in [0.1, 0.15) is 26.7 Å². The molecule has 0 aliphatic rings. The maximum atomic E-state index is 11.0. The molecule has 0 aromatic carbocycles. The molecule has 2 nitrogen and oxygen atoms in total. The molecule has 0 bridgehead atoms. The summed E-state index contributed by atoms with van der Waals surface area (Å²) in [5, 5.41) is 0. The Morgan fingerprint density at radius 2 is 2.18 bits per heavy atom. The van der Waals surface area contributed by atoms with Crippen LogP contribution in [-0.2, 0) is 9.53 Å². The fourth-order valence-electron chi connectivity index (χ4n) is 0.666. The average Bonchev–Trinajstić information content (AvgIpc) is 1.99. The molecule has 0 rings (SSSR count). The predicted octanol–water partition coefficient (Wildman–Crippen LogP) is 1.95. The molecule has 0 spiro atoms. The van der Waals surface area contributed by atoms with Crippen LogP contribution in [-0.4, -0.2) is 19.0 Å². The highest BCUT2D eigenvalue weighted by Gasteiger charge is 2.05. The summed E-state index contributed by atoms with van der Waals surface area (Å²) in [5.74, 6) is 0.133. The number of carbonyl (C=O) groups is 1. The Morgan fingerprint density at radius 1 is 1.64 bits per heavy atom. The van der Waals surface area contributed by atoms with E-state index in [1.807, 2.05) is 6.92 Å². The summed E-state index contributed by atoms with van der Waals surface area (Å²) in [5.41, 5.74) is 0.633. The zero-order valence-electron chi connectivity index (χ0n) is 7.52. The van der Waals surface area contributed by atoms with Crippen molar-refractivity contribution >= 4 is 5.78 Å². The first-order valence-electron chi connectivity index (χ1n) is 3.79. The minimum Gasteiger partial charge on any atom is -0.382 e. The zero-order chi connectivity index (χ0) is 8.85. The number of carbonyl (C=O) groups excluding carboxylic acids is 1. The van der Waals surface area contributed by atoms with Crippen molar-refractivity contribution < 1.29 is 9.53 Å². The lowest BCUT2D eigenvalue weighted by atomic mass is 10.1. The van der Waals surface area contributed by atoms with Crippen molar-refractivity contribution in [3.63, 3.8) is 0 Å². The maximum Gasteiger partial charge on any atom is 0.158 e. The lowest BCUT2D eigenvalue weighted by Gasteiger charge is -2.07. The van der Waals surface area contributed by atoms with Crippen molar-refractivity contribution in [2.45, 2.75) is 32.8 Å². The minimum atomic E-state index is 0.133. The van der Waals surface area contributed by atoms with E-state index in [2.05, 4.69) is 6.58 Å². The van der Waals surface area contributed by atoms with Gasteiger partial charge in [-0.25, -0.2) is 0 Å². The third-order valence-corrected chi connectivity index (χ3v) is 1.66. The highest BCUT2D eigenvalue weighted by atomic mass is 16.5. The van der Waals surface area contributed by atoms with Gasteiger partial charge in [0.2, 0.25) is 0 Å². The molecule has 0 radical (unpaired) electrons. The van der Waals surface area contributed by atoms with Gasteiger partial charge in [0.25, 0.3) is 0 Å². The molecule has 2 heteroatoms. The van der Waals surface area contributed by atoms with Gasteiger partial charge < -0.3 is 4.74 Å². The van der Waals surface area contributed by atoms with Gasteiger partial charge in [-0.05, 0) is 25.8 Å². The van der Waals surface area contributed by atoms with Gasteiger partial charge in [0, 0.05) is 13.5 Å². The van der Waals surface area contributed by atoms with Crippen molar-refractivity contribution in [1.29, 1.82) is 0 Å². The Labute approximate surface area is 68.2 Å². The van der Waals surface area contributed by atoms with Gasteiger partial charge in [0.05, 0.1) is 6.10 Å². The average molecular weight is 156 g/mol. The number of rotatable bonds is 5. The van der Waals surface area contributed by atoms with Gasteiger partial charge >= 0.3 is 0 Å². The molecule has 0 heterocycles. The summed E-state index contributed by atoms with van der Waals surface area (Å²) in [6.07, 6.45) is 1.49. The molecule has 64 valence electrons. The number of ether oxygens (including phenoxy) is 1. The first kappa shape index (κ1) is 10.4. The quantitative estimate of drug-likeness (QED) is 0.569. The van der Waals surface area contributed by atoms with Gasteiger partial charge in [-0.2, -0.15) is 0 Å². The van der Waals surface area contributed by atoms with E-state index in [1.54, 1.807) is 14.0 Å². The third kappa shape index (κ3) is 4.73. The molecule has 0 saturated heterocycles. The Bertz CT molecular complexity index is 150. The normalized spacial score (nSPS) is 12.6. The molecule has 0 fully saturated rings. The Kier molecular flexibility index (Phi) is 4.79. The summed E-state index contributed by atoms with van der Waals surface area (Å²) < 4.78 is 5.00. The highest BCUT2D eigenvalue weighted by molar-refractivity contribution is 5.94. The van der Waals surface area contributed by atoms with Crippen LogP contribution in [0.15, 0.2) is 12.2 Å². The van der Waals surface area contributed by atoms with Gasteiger partial charge in [-0.3, -0.25) is 4.79 Å². The Morgan fingerprint density at radius 3 is 2.55 bits per heavy atom. The van der Waals surface area contributed by atoms with E-state index in [0.717, 1.165) is 6.42 Å². The SMILES string of the molecule is C=C(C)C(=O)CCC(C)OC. The molecule has 0 saturated carbocycles. The summed E-state index contributed by atoms with van der Waals surface area (Å²) in [6, 6.07) is 0. The number of ketones is 1. The second-order valence-electron chi connectivity index (χ2n) is 2.79. The first-order chi connectivity index (χ1) is 5.07. The van der Waals surface area contributed by atoms with Crippen LogP contribution in [0.25, 0.3) is 0 Å². The number of allylic oxidation sites excluding steroid dienone is 1. The lowest BCUT2D eigenvalue weighted by Crippen LogP contribution is -2.08. The van der Waals surface area contributed by atoms with Crippen LogP contribution in [0.5, 0.6) is 0 Å². The van der Waals surface area contributed by atoms with Crippen LogP contribution in [0.2, 0.25) is 0 Å². The van der Waals surface area contributed by atoms with E-state index < -0.39 is 0 Å². The van der Waals surface area contributed by atoms with Crippen molar-refractivity contribution in [2.75, 3.05) is 7.11 Å². The van der Waals surface area contributed by atoms with Crippen molar-refractivity contribution in [1.82, 2.24) is 0 Å². The summed E-state index contributed by atoms with van der Waals surface area (Å²) >= 11 is 0. The molecule has 11 heavy (non-hydrogen) atoms. The number of hydrogen-bond donors (Lipinski definition) is 0. The van der Waals surface area contributed by atoms with Crippen LogP contribution < -0.4 is 0 Å². The highest BCUT2D eigenvalue weighted by Crippen LogP contribution is 2.04. The van der Waals surface area contributed by atoms with Crippen molar-refractivity contribution in [3.8, 4) is 0 Å². The first-order valence-corrected chi connectivity index (χ1v) is 3.79. The molecule has 0 aromatic rings. The summed E-state index contributed by atoms with van der Waals surface area (Å²) in [4.78, 5) is 11.0. The summed E-state index contributed by atoms with van der Waals surface area (Å²) in [7, 11) is 1.65. The largest absolute Gasteiger partial charge is 0.382 e. The molecule has 1 unspecified atom stereocenters. The fourth-order valence-corrected chi connectivity index (χ4v) is 0.666. The standard InChI is InChI=1S/C9H16O2/c1-7(2)9(10)6-5-8(3)11-4/h8H,1,5-6H2,2-4H3. The van der Waals surface area contributed by atoms with Crippen molar-refractivity contribution in [2.24, 2.45) is 0 Å². The fraction of sp³-hybridized carbons (Fsp3) is 0.667. The number of Topliss-reactive ketones (excluding diaryl/α,β-unsaturated/α-hetero) is 1. The van der Waals surface area contributed by atoms with Crippen molar-refractivity contribution in [3.05, 3.63) is 12.2 Å². The van der Waals surface area contributed by atoms with Crippen LogP contribution >= 0.6 is 0 Å². The van der Waals surface area contributed by atoms with Gasteiger partial charge in [-0.15, -0.1) is 0 Å². The monoisotopic (exact) mass is 156 g/mol. The van der Waals surface area contributed by atoms with E-state index in [1.165, 1.54) is 0 Å². The van der Waals surface area contributed by atoms with E-state index in [9.17, 15) is 4.79 Å². The van der Waals surface area contributed by atoms with Crippen LogP contribution in [0.4, 0.5) is 0 Å². The molecule has 0 aliphatic heterocycles. The molecule has 0 N–H and O–H groups in total. The molecule has 0 aromatic heterocycles. The second-order valence-corrected chi connectivity index (χ2v) is 2.79. The predicted molar refractivity (Wildman–Crippen MR) is 45.5 cm³/mol. The van der Waals surface area contributed by atoms with Crippen LogP contribution in [0, 0.1) is 0 Å². The molecule has 0 amide bonds. The van der Waals surface area contributed by atoms with E-state index in [0.29, 0.717) is 12.0 Å². The maximum absolute atomic E-state index is 11.0. The molecule has 1 atom stereocenters. The number of methoxy groups -OCH3 is 1. The molecular formula is C9H16O2. The van der Waals surface area contributed by atoms with E-state index in [-0.39, 0.29) is 11.9 Å². The minimum absolute atomic E-state index is 0.133. The Hall–Kier alpha value is -0.630. The zero-order valence-corrected chi connectivity index (χ0v) is 7.52. The van der Waals surface area contributed by atoms with E-state index >= 15 is 0 Å². The van der Waals surface area contributed by atoms with Gasteiger partial charge in [0.1, 0.15) is 0 Å². The number of hydrogen-bond acceptors (Lipinski definition) is 2. The Balaban J connectivity index is 3.54. The van der Waals surface area contributed by atoms with Gasteiger partial charge in [-0.1, -0.05) is 6.58 Å². The topological polar surface area (TPSA) is 26.3 Å². The second kappa shape index (κ2) is 5.08. The smallest absolute Gasteiger partial charge is 0.158 e. The van der Waals surface area contributed by atoms with Crippen LogP contribution in [0.3, 0.4) is 0 Å². The van der Waals surface area contributed by atoms with E-state index in [4.69, 9.17) is 4.74 Å².